The number of aromatic nitrogens is 4. The summed E-state index contributed by atoms with van der Waals surface area (Å²) in [5, 5.41) is 12.9. The fourth-order valence-electron chi connectivity index (χ4n) is 3.46. The van der Waals surface area contributed by atoms with Gasteiger partial charge in [0.05, 0.1) is 7.11 Å². The molecule has 1 fully saturated rings. The number of halogens is 2. The van der Waals surface area contributed by atoms with Crippen LogP contribution in [0.2, 0.25) is 0 Å². The van der Waals surface area contributed by atoms with Gasteiger partial charge < -0.3 is 4.74 Å². The van der Waals surface area contributed by atoms with Crippen LogP contribution in [-0.4, -0.2) is 44.9 Å². The van der Waals surface area contributed by atoms with Gasteiger partial charge in [-0.05, 0) is 49.7 Å². The monoisotopic (exact) mass is 359 g/mol. The Bertz CT molecular complexity index is 901. The number of hydrogen-bond donors (Lipinski definition) is 0. The topological polar surface area (TPSA) is 55.6 Å². The van der Waals surface area contributed by atoms with Crippen LogP contribution in [-0.2, 0) is 6.54 Å². The normalized spacial score (nSPS) is 16.3. The highest BCUT2D eigenvalue weighted by atomic mass is 19.1. The Balaban J connectivity index is 1.45. The predicted octanol–water partition coefficient (Wildman–Crippen LogP) is 2.79. The molecule has 0 radical (unpaired) electrons. The Kier molecular flexibility index (Phi) is 4.50. The number of piperidine rings is 1. The van der Waals surface area contributed by atoms with Crippen LogP contribution in [0.1, 0.15) is 30.1 Å². The third-order valence-electron chi connectivity index (χ3n) is 4.75. The minimum absolute atomic E-state index is 0.241. The number of fused-ring (bicyclic) bond motifs is 1. The summed E-state index contributed by atoms with van der Waals surface area (Å²) < 4.78 is 33.6. The Hall–Kier alpha value is -2.61. The molecule has 4 rings (SSSR count). The average Bonchev–Trinajstić information content (AvgIpc) is 3.04. The zero-order valence-electron chi connectivity index (χ0n) is 14.4. The molecule has 0 saturated carbocycles. The molecule has 6 nitrogen and oxygen atoms in total. The summed E-state index contributed by atoms with van der Waals surface area (Å²) in [6.45, 7) is 2.18. The van der Waals surface area contributed by atoms with Crippen LogP contribution in [0.15, 0.2) is 30.3 Å². The van der Waals surface area contributed by atoms with E-state index in [4.69, 9.17) is 4.74 Å². The largest absolute Gasteiger partial charge is 0.480 e. The maximum absolute atomic E-state index is 13.3. The van der Waals surface area contributed by atoms with Crippen LogP contribution in [0.5, 0.6) is 5.88 Å². The first-order valence-electron chi connectivity index (χ1n) is 8.56. The van der Waals surface area contributed by atoms with Crippen molar-refractivity contribution in [1.29, 1.82) is 0 Å². The summed E-state index contributed by atoms with van der Waals surface area (Å²) in [6, 6.07) is 7.26. The first-order chi connectivity index (χ1) is 12.6. The molecule has 0 N–H and O–H groups in total. The number of benzene rings is 1. The summed E-state index contributed by atoms with van der Waals surface area (Å²) in [5.41, 5.74) is 1.35. The van der Waals surface area contributed by atoms with Gasteiger partial charge in [-0.25, -0.2) is 8.78 Å². The fraction of sp³-hybridized carbons (Fsp3) is 0.389. The van der Waals surface area contributed by atoms with E-state index in [0.717, 1.165) is 37.8 Å². The van der Waals surface area contributed by atoms with Crippen LogP contribution in [0.4, 0.5) is 8.78 Å². The summed E-state index contributed by atoms with van der Waals surface area (Å²) in [5.74, 6) is 0.513. The van der Waals surface area contributed by atoms with Gasteiger partial charge in [0.2, 0.25) is 5.88 Å². The predicted molar refractivity (Wildman–Crippen MR) is 90.9 cm³/mol. The lowest BCUT2D eigenvalue weighted by Gasteiger charge is -2.31. The van der Waals surface area contributed by atoms with Gasteiger partial charge in [0.15, 0.2) is 11.5 Å². The molecule has 0 unspecified atom stereocenters. The van der Waals surface area contributed by atoms with E-state index < -0.39 is 11.6 Å². The smallest absolute Gasteiger partial charge is 0.231 e. The molecule has 136 valence electrons. The first kappa shape index (κ1) is 16.8. The second-order valence-electron chi connectivity index (χ2n) is 6.53. The highest BCUT2D eigenvalue weighted by molar-refractivity contribution is 5.38. The fourth-order valence-corrected chi connectivity index (χ4v) is 3.46. The number of methoxy groups -OCH3 is 1. The van der Waals surface area contributed by atoms with E-state index in [2.05, 4.69) is 20.2 Å². The molecule has 8 heteroatoms. The molecule has 2 aromatic heterocycles. The van der Waals surface area contributed by atoms with Crippen molar-refractivity contribution in [2.24, 2.45) is 0 Å². The third kappa shape index (κ3) is 3.37. The van der Waals surface area contributed by atoms with Gasteiger partial charge in [0.1, 0.15) is 11.6 Å². The quantitative estimate of drug-likeness (QED) is 0.717. The molecule has 1 saturated heterocycles. The van der Waals surface area contributed by atoms with E-state index in [1.807, 2.05) is 6.07 Å². The molecular weight excluding hydrogens is 340 g/mol. The van der Waals surface area contributed by atoms with Crippen LogP contribution >= 0.6 is 0 Å². The summed E-state index contributed by atoms with van der Waals surface area (Å²) in [7, 11) is 1.58. The molecule has 1 aliphatic rings. The van der Waals surface area contributed by atoms with Crippen molar-refractivity contribution in [3.8, 4) is 5.88 Å². The highest BCUT2D eigenvalue weighted by Gasteiger charge is 2.25. The standard InChI is InChI=1S/C18H19F2N5O/c1-26-17-3-2-16-21-22-18(25(16)23-17)13-4-6-24(7-5-13)11-12-8-14(19)10-15(20)9-12/h2-3,8-10,13H,4-7,11H2,1H3. The lowest BCUT2D eigenvalue weighted by Crippen LogP contribution is -2.33. The lowest BCUT2D eigenvalue weighted by atomic mass is 9.95. The zero-order valence-corrected chi connectivity index (χ0v) is 14.4. The minimum atomic E-state index is -0.537. The zero-order chi connectivity index (χ0) is 18.1. The van der Waals surface area contributed by atoms with E-state index in [1.165, 1.54) is 12.1 Å². The molecule has 0 bridgehead atoms. The Morgan fingerprint density at radius 3 is 2.50 bits per heavy atom. The van der Waals surface area contributed by atoms with Crippen molar-refractivity contribution in [1.82, 2.24) is 24.7 Å². The van der Waals surface area contributed by atoms with Crippen LogP contribution in [0.25, 0.3) is 5.65 Å². The molecular formula is C18H19F2N5O. The van der Waals surface area contributed by atoms with E-state index in [0.29, 0.717) is 23.6 Å². The van der Waals surface area contributed by atoms with E-state index >= 15 is 0 Å². The van der Waals surface area contributed by atoms with Crippen LogP contribution < -0.4 is 4.74 Å². The van der Waals surface area contributed by atoms with Crippen LogP contribution in [0, 0.1) is 11.6 Å². The van der Waals surface area contributed by atoms with Gasteiger partial charge in [-0.1, -0.05) is 0 Å². The van der Waals surface area contributed by atoms with Crippen molar-refractivity contribution < 1.29 is 13.5 Å². The summed E-state index contributed by atoms with van der Waals surface area (Å²) >= 11 is 0. The molecule has 1 aromatic carbocycles. The van der Waals surface area contributed by atoms with Crippen LogP contribution in [0.3, 0.4) is 0 Å². The summed E-state index contributed by atoms with van der Waals surface area (Å²) in [4.78, 5) is 2.20. The molecule has 1 aliphatic heterocycles. The van der Waals surface area contributed by atoms with Gasteiger partial charge in [-0.2, -0.15) is 4.52 Å². The van der Waals surface area contributed by atoms with Gasteiger partial charge in [-0.15, -0.1) is 15.3 Å². The van der Waals surface area contributed by atoms with Gasteiger partial charge in [0.25, 0.3) is 0 Å². The number of rotatable bonds is 4. The Morgan fingerprint density at radius 2 is 1.81 bits per heavy atom. The van der Waals surface area contributed by atoms with Crippen molar-refractivity contribution in [2.75, 3.05) is 20.2 Å². The highest BCUT2D eigenvalue weighted by Crippen LogP contribution is 2.28. The molecule has 0 amide bonds. The molecule has 0 atom stereocenters. The first-order valence-corrected chi connectivity index (χ1v) is 8.56. The number of nitrogens with zero attached hydrogens (tertiary/aromatic N) is 5. The van der Waals surface area contributed by atoms with Crippen molar-refractivity contribution in [2.45, 2.75) is 25.3 Å². The molecule has 26 heavy (non-hydrogen) atoms. The van der Waals surface area contributed by atoms with Crippen molar-refractivity contribution >= 4 is 5.65 Å². The summed E-state index contributed by atoms with van der Waals surface area (Å²) in [6.07, 6.45) is 1.77. The van der Waals surface area contributed by atoms with Gasteiger partial charge in [0, 0.05) is 24.6 Å². The minimum Gasteiger partial charge on any atom is -0.480 e. The lowest BCUT2D eigenvalue weighted by molar-refractivity contribution is 0.200. The third-order valence-corrected chi connectivity index (χ3v) is 4.75. The average molecular weight is 359 g/mol. The Labute approximate surface area is 149 Å². The van der Waals surface area contributed by atoms with Crippen molar-refractivity contribution in [3.63, 3.8) is 0 Å². The number of hydrogen-bond acceptors (Lipinski definition) is 5. The van der Waals surface area contributed by atoms with E-state index in [1.54, 1.807) is 17.7 Å². The second-order valence-corrected chi connectivity index (χ2v) is 6.53. The second kappa shape index (κ2) is 6.95. The SMILES string of the molecule is COc1ccc2nnc(C3CCN(Cc4cc(F)cc(F)c4)CC3)n2n1. The number of likely N-dealkylation sites (tertiary alicyclic amines) is 1. The van der Waals surface area contributed by atoms with E-state index in [9.17, 15) is 8.78 Å². The maximum Gasteiger partial charge on any atom is 0.231 e. The maximum atomic E-state index is 13.3. The molecule has 0 spiro atoms. The molecule has 3 aromatic rings. The van der Waals surface area contributed by atoms with E-state index in [-0.39, 0.29) is 5.92 Å². The molecule has 0 aliphatic carbocycles. The Morgan fingerprint density at radius 1 is 1.08 bits per heavy atom. The van der Waals surface area contributed by atoms with Crippen molar-refractivity contribution in [3.05, 3.63) is 53.4 Å². The van der Waals surface area contributed by atoms with Gasteiger partial charge in [-0.3, -0.25) is 4.90 Å². The number of ether oxygens (including phenoxy) is 1. The van der Waals surface area contributed by atoms with Gasteiger partial charge >= 0.3 is 0 Å². The molecule has 3 heterocycles.